The molecule has 51 heavy (non-hydrogen) atoms. The van der Waals surface area contributed by atoms with Crippen LogP contribution in [0.3, 0.4) is 0 Å². The number of carbonyl (C=O) groups is 2. The van der Waals surface area contributed by atoms with Crippen molar-refractivity contribution in [3.63, 3.8) is 0 Å². The molecule has 4 rings (SSSR count). The summed E-state index contributed by atoms with van der Waals surface area (Å²) in [6, 6.07) is 7.56. The van der Waals surface area contributed by atoms with Gasteiger partial charge in [0.1, 0.15) is 30.1 Å². The molecule has 0 aliphatic carbocycles. The predicted molar refractivity (Wildman–Crippen MR) is 194 cm³/mol. The maximum absolute atomic E-state index is 13.4. The molecule has 10 atom stereocenters. The van der Waals surface area contributed by atoms with Crippen molar-refractivity contribution >= 4 is 17.4 Å². The van der Waals surface area contributed by atoms with Gasteiger partial charge in [0.25, 0.3) is 0 Å². The highest BCUT2D eigenvalue weighted by molar-refractivity contribution is 5.91. The summed E-state index contributed by atoms with van der Waals surface area (Å²) in [6.45, 7) is 10.6. The number of aliphatic hydroxyl groups is 1. The topological polar surface area (TPSA) is 157 Å². The number of aromatic nitrogens is 3. The average molecular weight is 711 g/mol. The molecule has 1 fully saturated rings. The van der Waals surface area contributed by atoms with E-state index >= 15 is 0 Å². The van der Waals surface area contributed by atoms with Crippen molar-refractivity contribution in [2.24, 2.45) is 23.7 Å². The molecule has 0 radical (unpaired) electrons. The number of nitrogens with zero attached hydrogens (tertiary/aromatic N) is 3. The van der Waals surface area contributed by atoms with E-state index in [-0.39, 0.29) is 42.0 Å². The molecule has 0 amide bonds. The summed E-state index contributed by atoms with van der Waals surface area (Å²) in [4.78, 5) is 26.6. The Morgan fingerprint density at radius 3 is 2.45 bits per heavy atom. The molecule has 3 N–H and O–H groups in total. The van der Waals surface area contributed by atoms with Gasteiger partial charge in [0.15, 0.2) is 12.1 Å². The molecular formula is C39H58N4O8. The van der Waals surface area contributed by atoms with Crippen LogP contribution < -0.4 is 5.73 Å². The van der Waals surface area contributed by atoms with E-state index in [0.29, 0.717) is 31.5 Å². The Labute approximate surface area is 302 Å². The van der Waals surface area contributed by atoms with Crippen LogP contribution in [0.5, 0.6) is 0 Å². The molecule has 1 saturated heterocycles. The van der Waals surface area contributed by atoms with Crippen LogP contribution in [0.25, 0.3) is 11.3 Å². The number of benzene rings is 1. The Morgan fingerprint density at radius 1 is 1.04 bits per heavy atom. The first-order valence-electron chi connectivity index (χ1n) is 18.3. The number of allylic oxidation sites excluding steroid dienone is 3. The minimum absolute atomic E-state index is 0.0712. The fraction of sp³-hybridized carbons (Fsp3) is 0.641. The summed E-state index contributed by atoms with van der Waals surface area (Å²) in [5.41, 5.74) is 9.12. The van der Waals surface area contributed by atoms with Crippen molar-refractivity contribution in [1.82, 2.24) is 15.0 Å². The molecule has 1 aromatic heterocycles. The number of aliphatic hydroxyl groups excluding tert-OH is 1. The fourth-order valence-electron chi connectivity index (χ4n) is 7.09. The molecule has 2 aliphatic heterocycles. The maximum Gasteiger partial charge on any atom is 0.306 e. The van der Waals surface area contributed by atoms with Gasteiger partial charge in [-0.3, -0.25) is 14.3 Å². The smallest absolute Gasteiger partial charge is 0.306 e. The van der Waals surface area contributed by atoms with Gasteiger partial charge in [-0.1, -0.05) is 55.8 Å². The highest BCUT2D eigenvalue weighted by Gasteiger charge is 2.45. The number of ketones is 1. The molecule has 2 aliphatic rings. The van der Waals surface area contributed by atoms with Gasteiger partial charge >= 0.3 is 5.97 Å². The van der Waals surface area contributed by atoms with Crippen molar-refractivity contribution in [3.05, 3.63) is 54.3 Å². The summed E-state index contributed by atoms with van der Waals surface area (Å²) < 4.78 is 31.3. The predicted octanol–water partition coefficient (Wildman–Crippen LogP) is 5.54. The largest absolute Gasteiger partial charge is 0.462 e. The number of aryl methyl sites for hydroxylation is 1. The minimum atomic E-state index is -0.875. The molecule has 12 nitrogen and oxygen atoms in total. The summed E-state index contributed by atoms with van der Waals surface area (Å²) >= 11 is 0. The van der Waals surface area contributed by atoms with Gasteiger partial charge in [-0.05, 0) is 76.0 Å². The fourth-order valence-corrected chi connectivity index (χ4v) is 7.09. The molecule has 12 heteroatoms. The number of nitrogens with two attached hydrogens (primary N) is 1. The van der Waals surface area contributed by atoms with E-state index in [1.54, 1.807) is 13.0 Å². The Balaban J connectivity index is 1.47. The summed E-state index contributed by atoms with van der Waals surface area (Å²) in [6.07, 6.45) is 7.42. The number of nitrogen functional groups attached to an aromatic ring is 1. The molecule has 0 bridgehead atoms. The van der Waals surface area contributed by atoms with Crippen molar-refractivity contribution in [2.75, 3.05) is 26.6 Å². The first-order chi connectivity index (χ1) is 24.4. The van der Waals surface area contributed by atoms with Gasteiger partial charge in [-0.25, -0.2) is 0 Å². The van der Waals surface area contributed by atoms with Gasteiger partial charge < -0.3 is 34.5 Å². The van der Waals surface area contributed by atoms with Crippen molar-refractivity contribution in [2.45, 2.75) is 116 Å². The lowest BCUT2D eigenvalue weighted by Crippen LogP contribution is -2.59. The van der Waals surface area contributed by atoms with Crippen LogP contribution in [0.4, 0.5) is 5.69 Å². The first-order valence-corrected chi connectivity index (χ1v) is 18.3. The zero-order valence-corrected chi connectivity index (χ0v) is 31.3. The Morgan fingerprint density at radius 2 is 1.76 bits per heavy atom. The Bertz CT molecular complexity index is 1460. The third kappa shape index (κ3) is 11.5. The van der Waals surface area contributed by atoms with E-state index in [0.717, 1.165) is 36.1 Å². The number of rotatable bonds is 10. The van der Waals surface area contributed by atoms with Crippen LogP contribution in [0.2, 0.25) is 0 Å². The lowest BCUT2D eigenvalue weighted by Gasteiger charge is -2.42. The van der Waals surface area contributed by atoms with Gasteiger partial charge in [-0.15, -0.1) is 5.10 Å². The van der Waals surface area contributed by atoms with Gasteiger partial charge in [0.05, 0.1) is 18.9 Å². The van der Waals surface area contributed by atoms with Gasteiger partial charge in [0, 0.05) is 50.3 Å². The zero-order chi connectivity index (χ0) is 37.1. The number of esters is 1. The van der Waals surface area contributed by atoms with E-state index in [1.165, 1.54) is 14.2 Å². The highest BCUT2D eigenvalue weighted by Crippen LogP contribution is 2.30. The SMILES string of the molecule is CC[C@H]1OC(=O)CC[C@H](C)C[C@@H](CCn2cc(-c3ccc(N)cc3)nn2)C[C@@H](C)C(=O)/C=C/C(C)=C/[C@@H]1COC1OC(C)C(O)C(OC)C1OC. The molecule has 0 spiro atoms. The molecule has 2 aromatic rings. The summed E-state index contributed by atoms with van der Waals surface area (Å²) in [5.74, 6) is -0.176. The molecular weight excluding hydrogens is 652 g/mol. The van der Waals surface area contributed by atoms with Crippen LogP contribution in [0, 0.1) is 23.7 Å². The second kappa shape index (κ2) is 19.4. The van der Waals surface area contributed by atoms with Crippen molar-refractivity contribution < 1.29 is 38.4 Å². The lowest BCUT2D eigenvalue weighted by atomic mass is 9.83. The van der Waals surface area contributed by atoms with Crippen molar-refractivity contribution in [3.8, 4) is 11.3 Å². The van der Waals surface area contributed by atoms with Crippen molar-refractivity contribution in [1.29, 1.82) is 0 Å². The van der Waals surface area contributed by atoms with E-state index in [1.807, 2.05) is 68.1 Å². The highest BCUT2D eigenvalue weighted by atomic mass is 16.7. The zero-order valence-electron chi connectivity index (χ0n) is 31.3. The van der Waals surface area contributed by atoms with Crippen LogP contribution in [0.1, 0.15) is 73.1 Å². The lowest BCUT2D eigenvalue weighted by molar-refractivity contribution is -0.304. The average Bonchev–Trinajstić information content (AvgIpc) is 3.59. The molecule has 5 unspecified atom stereocenters. The van der Waals surface area contributed by atoms with Crippen LogP contribution in [-0.4, -0.2) is 89.5 Å². The first kappa shape index (κ1) is 40.4. The number of hydrogen-bond donors (Lipinski definition) is 2. The van der Waals surface area contributed by atoms with Gasteiger partial charge in [-0.2, -0.15) is 0 Å². The van der Waals surface area contributed by atoms with Crippen LogP contribution in [-0.2, 0) is 39.8 Å². The second-order valence-electron chi connectivity index (χ2n) is 14.3. The molecule has 3 heterocycles. The third-order valence-electron chi connectivity index (χ3n) is 10.2. The third-order valence-corrected chi connectivity index (χ3v) is 10.2. The van der Waals surface area contributed by atoms with E-state index < -0.39 is 36.8 Å². The quantitative estimate of drug-likeness (QED) is 0.236. The number of carbonyl (C=O) groups excluding carboxylic acids is 2. The number of hydrogen-bond acceptors (Lipinski definition) is 11. The van der Waals surface area contributed by atoms with Crippen LogP contribution >= 0.6 is 0 Å². The van der Waals surface area contributed by atoms with E-state index in [9.17, 15) is 14.7 Å². The second-order valence-corrected chi connectivity index (χ2v) is 14.3. The molecule has 0 saturated carbocycles. The summed E-state index contributed by atoms with van der Waals surface area (Å²) in [7, 11) is 3.04. The normalized spacial score (nSPS) is 33.3. The minimum Gasteiger partial charge on any atom is -0.462 e. The summed E-state index contributed by atoms with van der Waals surface area (Å²) in [5, 5.41) is 19.3. The Kier molecular flexibility index (Phi) is 15.4. The van der Waals surface area contributed by atoms with E-state index in [2.05, 4.69) is 17.2 Å². The maximum atomic E-state index is 13.4. The monoisotopic (exact) mass is 710 g/mol. The van der Waals surface area contributed by atoms with E-state index in [4.69, 9.17) is 29.4 Å². The number of anilines is 1. The number of cyclic esters (lactones) is 1. The van der Waals surface area contributed by atoms with Gasteiger partial charge in [0.2, 0.25) is 0 Å². The number of methoxy groups -OCH3 is 2. The molecule has 1 aromatic carbocycles. The Hall–Kier alpha value is -3.42. The standard InChI is InChI=1S/C39H58N4O8/c1-8-34-30(23-49-39-38(48-7)37(47-6)36(46)27(5)50-39)20-25(3)9-15-33(44)26(4)21-28(19-24(2)10-16-35(45)51-34)17-18-43-22-32(41-42-43)29-11-13-31(40)14-12-29/h9,11-15,20,22,24,26-28,30,34,36-39,46H,8,10,16-19,21,23,40H2,1-7H3/b15-9+,25-20+/t24-,26+,27?,28+,30+,34+,36?,37?,38?,39?/m0/s1. The molecule has 282 valence electrons. The number of ether oxygens (including phenoxy) is 5. The van der Waals surface area contributed by atoms with Crippen LogP contribution in [0.15, 0.2) is 54.3 Å².